The molecule has 7 heteroatoms. The maximum Gasteiger partial charge on any atom is 0.149 e. The first-order valence-corrected chi connectivity index (χ1v) is 6.92. The van der Waals surface area contributed by atoms with Crippen LogP contribution in [0.25, 0.3) is 0 Å². The molecule has 1 aromatic carbocycles. The molecule has 0 radical (unpaired) electrons. The summed E-state index contributed by atoms with van der Waals surface area (Å²) in [5.74, 6) is 6.31. The summed E-state index contributed by atoms with van der Waals surface area (Å²) in [6.07, 6.45) is 1.14. The van der Waals surface area contributed by atoms with E-state index in [1.807, 2.05) is 0 Å². The number of nitrogens with one attached hydrogen (secondary N) is 1. The predicted octanol–water partition coefficient (Wildman–Crippen LogP) is 2.22. The molecule has 0 spiro atoms. The van der Waals surface area contributed by atoms with Crippen LogP contribution in [0.1, 0.15) is 22.6 Å². The van der Waals surface area contributed by atoms with E-state index in [9.17, 15) is 4.39 Å². The fourth-order valence-corrected chi connectivity index (χ4v) is 2.55. The van der Waals surface area contributed by atoms with E-state index in [4.69, 9.17) is 22.2 Å². The fourth-order valence-electron chi connectivity index (χ4n) is 2.32. The number of hydrogen-bond acceptors (Lipinski definition) is 5. The molecule has 0 aliphatic carbocycles. The van der Waals surface area contributed by atoms with Gasteiger partial charge in [0.25, 0.3) is 0 Å². The normalized spacial score (nSPS) is 13.9. The van der Waals surface area contributed by atoms with Crippen molar-refractivity contribution in [2.24, 2.45) is 5.84 Å². The third kappa shape index (κ3) is 2.97. The van der Waals surface area contributed by atoms with E-state index in [1.165, 1.54) is 12.1 Å². The van der Waals surface area contributed by atoms with Crippen LogP contribution in [0.2, 0.25) is 5.02 Å². The summed E-state index contributed by atoms with van der Waals surface area (Å²) in [6, 6.07) is 4.29. The van der Waals surface area contributed by atoms with Gasteiger partial charge in [0.1, 0.15) is 17.5 Å². The number of benzene rings is 1. The predicted molar refractivity (Wildman–Crippen MR) is 77.4 cm³/mol. The summed E-state index contributed by atoms with van der Waals surface area (Å²) in [5, 5.41) is 0.363. The minimum Gasteiger partial charge on any atom is -0.376 e. The molecule has 110 valence electrons. The number of hydrogen-bond donors (Lipinski definition) is 2. The number of aromatic nitrogens is 2. The van der Waals surface area contributed by atoms with Gasteiger partial charge >= 0.3 is 0 Å². The lowest BCUT2D eigenvalue weighted by atomic mass is 10.1. The zero-order chi connectivity index (χ0) is 14.8. The molecule has 5 nitrogen and oxygen atoms in total. The zero-order valence-electron chi connectivity index (χ0n) is 11.2. The highest BCUT2D eigenvalue weighted by Gasteiger charge is 2.18. The number of hydrazine groups is 1. The number of halogens is 2. The Morgan fingerprint density at radius 1 is 1.38 bits per heavy atom. The standard InChI is InChI=1S/C14H14ClFN4O/c15-11-6-9(16)2-1-8(11)5-13-18-12-3-4-21-7-10(12)14(19-13)20-17/h1-2,6H,3-5,7,17H2,(H,18,19,20). The van der Waals surface area contributed by atoms with Crippen LogP contribution in [-0.2, 0) is 24.2 Å². The molecule has 3 rings (SSSR count). The lowest BCUT2D eigenvalue weighted by Gasteiger charge is -2.19. The van der Waals surface area contributed by atoms with Gasteiger partial charge in [-0.25, -0.2) is 20.2 Å². The van der Waals surface area contributed by atoms with Gasteiger partial charge in [-0.3, -0.25) is 0 Å². The van der Waals surface area contributed by atoms with Gasteiger partial charge in [-0.05, 0) is 17.7 Å². The highest BCUT2D eigenvalue weighted by atomic mass is 35.5. The van der Waals surface area contributed by atoms with Crippen LogP contribution < -0.4 is 11.3 Å². The van der Waals surface area contributed by atoms with Crippen LogP contribution in [0, 0.1) is 5.82 Å². The van der Waals surface area contributed by atoms with E-state index >= 15 is 0 Å². The number of nitrogen functional groups attached to an aromatic ring is 1. The van der Waals surface area contributed by atoms with Crippen LogP contribution in [0.3, 0.4) is 0 Å². The SMILES string of the molecule is NNc1nc(Cc2ccc(F)cc2Cl)nc2c1COCC2. The first kappa shape index (κ1) is 14.2. The molecule has 1 aliphatic heterocycles. The second-order valence-corrected chi connectivity index (χ2v) is 5.18. The average molecular weight is 309 g/mol. The number of fused-ring (bicyclic) bond motifs is 1. The Hall–Kier alpha value is -1.76. The van der Waals surface area contributed by atoms with Crippen LogP contribution >= 0.6 is 11.6 Å². The molecular weight excluding hydrogens is 295 g/mol. The van der Waals surface area contributed by atoms with E-state index in [1.54, 1.807) is 6.07 Å². The number of anilines is 1. The second-order valence-electron chi connectivity index (χ2n) is 4.77. The molecule has 0 fully saturated rings. The van der Waals surface area contributed by atoms with Gasteiger partial charge in [0.2, 0.25) is 0 Å². The molecule has 0 amide bonds. The average Bonchev–Trinajstić information content (AvgIpc) is 2.49. The fraction of sp³-hybridized carbons (Fsp3) is 0.286. The minimum atomic E-state index is -0.364. The Bertz CT molecular complexity index is 663. The lowest BCUT2D eigenvalue weighted by Crippen LogP contribution is -2.20. The van der Waals surface area contributed by atoms with Gasteiger partial charge < -0.3 is 10.2 Å². The van der Waals surface area contributed by atoms with E-state index in [0.29, 0.717) is 36.3 Å². The van der Waals surface area contributed by atoms with Crippen molar-refractivity contribution in [3.63, 3.8) is 0 Å². The van der Waals surface area contributed by atoms with Gasteiger partial charge in [-0.2, -0.15) is 0 Å². The quantitative estimate of drug-likeness (QED) is 0.672. The van der Waals surface area contributed by atoms with E-state index in [2.05, 4.69) is 15.4 Å². The van der Waals surface area contributed by atoms with Crippen molar-refractivity contribution in [2.45, 2.75) is 19.4 Å². The van der Waals surface area contributed by atoms with Gasteiger partial charge in [0, 0.05) is 23.4 Å². The van der Waals surface area contributed by atoms with Gasteiger partial charge in [-0.15, -0.1) is 0 Å². The first-order chi connectivity index (χ1) is 10.2. The van der Waals surface area contributed by atoms with E-state index in [-0.39, 0.29) is 5.82 Å². The van der Waals surface area contributed by atoms with E-state index < -0.39 is 0 Å². The van der Waals surface area contributed by atoms with Crippen molar-refractivity contribution in [1.29, 1.82) is 0 Å². The molecule has 0 unspecified atom stereocenters. The zero-order valence-corrected chi connectivity index (χ0v) is 12.0. The van der Waals surface area contributed by atoms with E-state index in [0.717, 1.165) is 23.2 Å². The van der Waals surface area contributed by atoms with Gasteiger partial charge in [0.15, 0.2) is 0 Å². The van der Waals surface area contributed by atoms with Crippen molar-refractivity contribution in [3.8, 4) is 0 Å². The lowest BCUT2D eigenvalue weighted by molar-refractivity contribution is 0.109. The molecule has 21 heavy (non-hydrogen) atoms. The largest absolute Gasteiger partial charge is 0.376 e. The highest BCUT2D eigenvalue weighted by molar-refractivity contribution is 6.31. The molecule has 2 aromatic rings. The summed E-state index contributed by atoms with van der Waals surface area (Å²) >= 11 is 6.04. The molecule has 3 N–H and O–H groups in total. The molecule has 2 heterocycles. The molecule has 0 saturated carbocycles. The molecule has 1 aromatic heterocycles. The third-order valence-electron chi connectivity index (χ3n) is 3.37. The van der Waals surface area contributed by atoms with Crippen molar-refractivity contribution < 1.29 is 9.13 Å². The molecule has 0 atom stereocenters. The minimum absolute atomic E-state index is 0.363. The maximum absolute atomic E-state index is 13.1. The Morgan fingerprint density at radius 3 is 3.00 bits per heavy atom. The summed E-state index contributed by atoms with van der Waals surface area (Å²) in [7, 11) is 0. The smallest absolute Gasteiger partial charge is 0.149 e. The number of nitrogens with two attached hydrogens (primary N) is 1. The monoisotopic (exact) mass is 308 g/mol. The third-order valence-corrected chi connectivity index (χ3v) is 3.72. The maximum atomic E-state index is 13.1. The number of ether oxygens (including phenoxy) is 1. The summed E-state index contributed by atoms with van der Waals surface area (Å²) in [4.78, 5) is 8.93. The summed E-state index contributed by atoms with van der Waals surface area (Å²) in [5.41, 5.74) is 5.17. The van der Waals surface area contributed by atoms with Crippen molar-refractivity contribution >= 4 is 17.4 Å². The Balaban J connectivity index is 1.95. The van der Waals surface area contributed by atoms with Crippen molar-refractivity contribution in [2.75, 3.05) is 12.0 Å². The first-order valence-electron chi connectivity index (χ1n) is 6.54. The molecule has 0 bridgehead atoms. The summed E-state index contributed by atoms with van der Waals surface area (Å²) in [6.45, 7) is 1.08. The van der Waals surface area contributed by atoms with Crippen LogP contribution in [0.5, 0.6) is 0 Å². The molecule has 1 aliphatic rings. The van der Waals surface area contributed by atoms with Crippen LogP contribution in [-0.4, -0.2) is 16.6 Å². The van der Waals surface area contributed by atoms with Gasteiger partial charge in [0.05, 0.1) is 18.9 Å². The van der Waals surface area contributed by atoms with Crippen molar-refractivity contribution in [3.05, 3.63) is 51.7 Å². The number of rotatable bonds is 3. The van der Waals surface area contributed by atoms with Gasteiger partial charge in [-0.1, -0.05) is 17.7 Å². The van der Waals surface area contributed by atoms with Crippen LogP contribution in [0.15, 0.2) is 18.2 Å². The summed E-state index contributed by atoms with van der Waals surface area (Å²) < 4.78 is 18.5. The Morgan fingerprint density at radius 2 is 2.24 bits per heavy atom. The van der Waals surface area contributed by atoms with Crippen LogP contribution in [0.4, 0.5) is 10.2 Å². The van der Waals surface area contributed by atoms with Crippen molar-refractivity contribution in [1.82, 2.24) is 9.97 Å². The topological polar surface area (TPSA) is 73.1 Å². The molecule has 0 saturated heterocycles. The number of nitrogens with zero attached hydrogens (tertiary/aromatic N) is 2. The Kier molecular flexibility index (Phi) is 4.01. The highest BCUT2D eigenvalue weighted by Crippen LogP contribution is 2.24. The molecular formula is C14H14ClFN4O. The Labute approximate surface area is 126 Å². The second kappa shape index (κ2) is 5.93.